The van der Waals surface area contributed by atoms with Crippen molar-refractivity contribution in [2.75, 3.05) is 13.1 Å². The molecule has 1 aliphatic rings. The minimum atomic E-state index is -0.0609. The molecule has 3 rings (SSSR count). The van der Waals surface area contributed by atoms with Gasteiger partial charge in [0.05, 0.1) is 5.92 Å². The van der Waals surface area contributed by atoms with Crippen LogP contribution in [-0.4, -0.2) is 28.9 Å². The zero-order valence-electron chi connectivity index (χ0n) is 11.4. The monoisotopic (exact) mass is 256 g/mol. The van der Waals surface area contributed by atoms with Gasteiger partial charge in [0.2, 0.25) is 5.91 Å². The third-order valence-corrected chi connectivity index (χ3v) is 4.13. The Kier molecular flexibility index (Phi) is 3.28. The van der Waals surface area contributed by atoms with Gasteiger partial charge in [-0.2, -0.15) is 0 Å². The van der Waals surface area contributed by atoms with E-state index < -0.39 is 0 Å². The number of hydrogen-bond donors (Lipinski definition) is 1. The van der Waals surface area contributed by atoms with Gasteiger partial charge in [-0.3, -0.25) is 4.79 Å². The Morgan fingerprint density at radius 2 is 1.95 bits per heavy atom. The molecule has 0 bridgehead atoms. The van der Waals surface area contributed by atoms with Crippen LogP contribution >= 0.6 is 0 Å². The second kappa shape index (κ2) is 5.08. The molecular formula is C16H20N2O. The Labute approximate surface area is 113 Å². The fraction of sp³-hybridized carbons (Fsp3) is 0.438. The van der Waals surface area contributed by atoms with E-state index in [9.17, 15) is 4.79 Å². The molecule has 2 aromatic rings. The predicted molar refractivity (Wildman–Crippen MR) is 77.1 cm³/mol. The number of carbonyl (C=O) groups is 1. The second-order valence-electron chi connectivity index (χ2n) is 5.40. The first-order valence-corrected chi connectivity index (χ1v) is 7.12. The first-order valence-electron chi connectivity index (χ1n) is 7.12. The van der Waals surface area contributed by atoms with Crippen LogP contribution in [-0.2, 0) is 4.79 Å². The van der Waals surface area contributed by atoms with E-state index in [1.165, 1.54) is 11.8 Å². The van der Waals surface area contributed by atoms with Crippen LogP contribution in [0.3, 0.4) is 0 Å². The number of likely N-dealkylation sites (tertiary alicyclic amines) is 1. The van der Waals surface area contributed by atoms with Crippen molar-refractivity contribution in [3.05, 3.63) is 36.0 Å². The van der Waals surface area contributed by atoms with Crippen molar-refractivity contribution in [1.82, 2.24) is 9.88 Å². The number of aromatic amines is 1. The molecule has 1 amide bonds. The third kappa shape index (κ3) is 2.25. The summed E-state index contributed by atoms with van der Waals surface area (Å²) in [5.74, 6) is 0.207. The number of H-pyrrole nitrogens is 1. The highest BCUT2D eigenvalue weighted by Crippen LogP contribution is 2.27. The zero-order chi connectivity index (χ0) is 13.2. The average Bonchev–Trinajstić information content (AvgIpc) is 2.90. The van der Waals surface area contributed by atoms with E-state index in [4.69, 9.17) is 0 Å². The smallest absolute Gasteiger partial charge is 0.229 e. The molecule has 1 unspecified atom stereocenters. The van der Waals surface area contributed by atoms with Crippen molar-refractivity contribution < 1.29 is 4.79 Å². The van der Waals surface area contributed by atoms with Crippen molar-refractivity contribution in [1.29, 1.82) is 0 Å². The van der Waals surface area contributed by atoms with Crippen LogP contribution in [0.5, 0.6) is 0 Å². The number of fused-ring (bicyclic) bond motifs is 1. The number of carbonyl (C=O) groups excluding carboxylic acids is 1. The van der Waals surface area contributed by atoms with Crippen LogP contribution in [0.15, 0.2) is 30.5 Å². The Bertz CT molecular complexity index is 581. The maximum absolute atomic E-state index is 12.6. The molecular weight excluding hydrogens is 236 g/mol. The van der Waals surface area contributed by atoms with Crippen molar-refractivity contribution in [3.8, 4) is 0 Å². The number of piperidine rings is 1. The molecule has 0 aliphatic carbocycles. The van der Waals surface area contributed by atoms with Gasteiger partial charge in [0.25, 0.3) is 0 Å². The molecule has 1 atom stereocenters. The third-order valence-electron chi connectivity index (χ3n) is 4.13. The highest BCUT2D eigenvalue weighted by molar-refractivity contribution is 5.91. The lowest BCUT2D eigenvalue weighted by Crippen LogP contribution is -2.38. The lowest BCUT2D eigenvalue weighted by Gasteiger charge is -2.29. The maximum atomic E-state index is 12.6. The van der Waals surface area contributed by atoms with Gasteiger partial charge in [-0.25, -0.2) is 0 Å². The molecule has 19 heavy (non-hydrogen) atoms. The van der Waals surface area contributed by atoms with Gasteiger partial charge in [0.1, 0.15) is 0 Å². The number of hydrogen-bond acceptors (Lipinski definition) is 1. The molecule has 2 heterocycles. The van der Waals surface area contributed by atoms with Gasteiger partial charge in [-0.05, 0) is 37.8 Å². The van der Waals surface area contributed by atoms with E-state index >= 15 is 0 Å². The summed E-state index contributed by atoms with van der Waals surface area (Å²) in [4.78, 5) is 17.8. The second-order valence-corrected chi connectivity index (χ2v) is 5.40. The molecule has 3 heteroatoms. The highest BCUT2D eigenvalue weighted by atomic mass is 16.2. The summed E-state index contributed by atoms with van der Waals surface area (Å²) in [6.07, 6.45) is 5.53. The average molecular weight is 256 g/mol. The van der Waals surface area contributed by atoms with E-state index in [2.05, 4.69) is 17.1 Å². The van der Waals surface area contributed by atoms with Crippen molar-refractivity contribution in [2.45, 2.75) is 32.1 Å². The first-order chi connectivity index (χ1) is 9.27. The van der Waals surface area contributed by atoms with Crippen LogP contribution in [0.2, 0.25) is 0 Å². The number of para-hydroxylation sites is 1. The van der Waals surface area contributed by atoms with Crippen LogP contribution in [0, 0.1) is 0 Å². The Balaban J connectivity index is 1.86. The van der Waals surface area contributed by atoms with Gasteiger partial charge in [-0.1, -0.05) is 18.2 Å². The Morgan fingerprint density at radius 1 is 1.21 bits per heavy atom. The molecule has 1 aromatic heterocycles. The van der Waals surface area contributed by atoms with Crippen LogP contribution in [0.4, 0.5) is 0 Å². The lowest BCUT2D eigenvalue weighted by atomic mass is 9.98. The molecule has 1 saturated heterocycles. The van der Waals surface area contributed by atoms with E-state index in [0.717, 1.165) is 37.0 Å². The topological polar surface area (TPSA) is 36.1 Å². The molecule has 1 aliphatic heterocycles. The molecule has 0 spiro atoms. The van der Waals surface area contributed by atoms with Gasteiger partial charge in [-0.15, -0.1) is 0 Å². The van der Waals surface area contributed by atoms with Gasteiger partial charge >= 0.3 is 0 Å². The Hall–Kier alpha value is -1.77. The number of benzene rings is 1. The minimum Gasteiger partial charge on any atom is -0.361 e. The van der Waals surface area contributed by atoms with Crippen LogP contribution < -0.4 is 0 Å². The number of aromatic nitrogens is 1. The fourth-order valence-electron chi connectivity index (χ4n) is 2.97. The maximum Gasteiger partial charge on any atom is 0.229 e. The zero-order valence-corrected chi connectivity index (χ0v) is 11.4. The molecule has 1 fully saturated rings. The number of nitrogens with one attached hydrogen (secondary N) is 1. The summed E-state index contributed by atoms with van der Waals surface area (Å²) >= 11 is 0. The van der Waals surface area contributed by atoms with E-state index in [1.54, 1.807) is 0 Å². The minimum absolute atomic E-state index is 0.0609. The SMILES string of the molecule is CC(C(=O)N1CCCCC1)c1c[nH]c2ccccc12. The summed E-state index contributed by atoms with van der Waals surface area (Å²) in [5, 5.41) is 1.17. The van der Waals surface area contributed by atoms with E-state index in [-0.39, 0.29) is 11.8 Å². The van der Waals surface area contributed by atoms with Crippen molar-refractivity contribution >= 4 is 16.8 Å². The van der Waals surface area contributed by atoms with Crippen molar-refractivity contribution in [3.63, 3.8) is 0 Å². The summed E-state index contributed by atoms with van der Waals surface area (Å²) in [6.45, 7) is 3.86. The normalized spacial score (nSPS) is 17.6. The summed E-state index contributed by atoms with van der Waals surface area (Å²) in [6, 6.07) is 8.18. The highest BCUT2D eigenvalue weighted by Gasteiger charge is 2.24. The van der Waals surface area contributed by atoms with E-state index in [1.807, 2.05) is 30.2 Å². The number of nitrogens with zero attached hydrogens (tertiary/aromatic N) is 1. The molecule has 1 aromatic carbocycles. The van der Waals surface area contributed by atoms with E-state index in [0.29, 0.717) is 0 Å². The molecule has 0 saturated carbocycles. The largest absolute Gasteiger partial charge is 0.361 e. The van der Waals surface area contributed by atoms with Gasteiger partial charge in [0, 0.05) is 30.2 Å². The summed E-state index contributed by atoms with van der Waals surface area (Å²) < 4.78 is 0. The van der Waals surface area contributed by atoms with Crippen molar-refractivity contribution in [2.24, 2.45) is 0 Å². The van der Waals surface area contributed by atoms with Gasteiger partial charge in [0.15, 0.2) is 0 Å². The van der Waals surface area contributed by atoms with Crippen LogP contribution in [0.25, 0.3) is 10.9 Å². The predicted octanol–water partition coefficient (Wildman–Crippen LogP) is 3.28. The Morgan fingerprint density at radius 3 is 2.74 bits per heavy atom. The van der Waals surface area contributed by atoms with Crippen LogP contribution in [0.1, 0.15) is 37.7 Å². The quantitative estimate of drug-likeness (QED) is 0.879. The molecule has 3 nitrogen and oxygen atoms in total. The summed E-state index contributed by atoms with van der Waals surface area (Å²) in [7, 11) is 0. The standard InChI is InChI=1S/C16H20N2O/c1-12(16(19)18-9-5-2-6-10-18)14-11-17-15-8-4-3-7-13(14)15/h3-4,7-8,11-12,17H,2,5-6,9-10H2,1H3. The number of amides is 1. The number of rotatable bonds is 2. The lowest BCUT2D eigenvalue weighted by molar-refractivity contribution is -0.133. The summed E-state index contributed by atoms with van der Waals surface area (Å²) in [5.41, 5.74) is 2.22. The molecule has 100 valence electrons. The first kappa shape index (κ1) is 12.3. The molecule has 0 radical (unpaired) electrons. The van der Waals surface area contributed by atoms with Gasteiger partial charge < -0.3 is 9.88 Å². The molecule has 1 N–H and O–H groups in total. The fourth-order valence-corrected chi connectivity index (χ4v) is 2.97.